The zero-order chi connectivity index (χ0) is 13.5. The van der Waals surface area contributed by atoms with Gasteiger partial charge in [-0.15, -0.1) is 0 Å². The van der Waals surface area contributed by atoms with E-state index in [9.17, 15) is 4.79 Å². The second-order valence-electron chi connectivity index (χ2n) is 5.19. The Bertz CT molecular complexity index is 224. The molecular weight excluding hydrogens is 214 g/mol. The average Bonchev–Trinajstić information content (AvgIpc) is 2.28. The number of hydrogen-bond acceptors (Lipinski definition) is 3. The third kappa shape index (κ3) is 3.98. The molecule has 0 heterocycles. The van der Waals surface area contributed by atoms with Crippen LogP contribution in [-0.2, 0) is 9.53 Å². The van der Waals surface area contributed by atoms with Crippen LogP contribution in [0.4, 0.5) is 0 Å². The van der Waals surface area contributed by atoms with Gasteiger partial charge in [0.25, 0.3) is 0 Å². The lowest BCUT2D eigenvalue weighted by Gasteiger charge is -2.38. The van der Waals surface area contributed by atoms with Crippen molar-refractivity contribution >= 4 is 5.97 Å². The zero-order valence-electron chi connectivity index (χ0n) is 12.1. The molecule has 0 aliphatic rings. The number of carbonyl (C=O) groups is 1. The molecule has 0 bridgehead atoms. The van der Waals surface area contributed by atoms with E-state index in [2.05, 4.69) is 27.7 Å². The van der Waals surface area contributed by atoms with Gasteiger partial charge in [-0.2, -0.15) is 0 Å². The highest BCUT2D eigenvalue weighted by atomic mass is 16.5. The lowest BCUT2D eigenvalue weighted by Crippen LogP contribution is -2.46. The van der Waals surface area contributed by atoms with Crippen LogP contribution in [0, 0.1) is 17.3 Å². The molecule has 0 aliphatic carbocycles. The number of nitrogens with two attached hydrogens (primary N) is 1. The van der Waals surface area contributed by atoms with Gasteiger partial charge in [0.15, 0.2) is 0 Å². The normalized spacial score (nSPS) is 15.1. The number of ether oxygens (including phenoxy) is 1. The van der Waals surface area contributed by atoms with Crippen molar-refractivity contribution < 1.29 is 9.53 Å². The third-order valence-corrected chi connectivity index (χ3v) is 3.59. The van der Waals surface area contributed by atoms with Gasteiger partial charge in [0.2, 0.25) is 0 Å². The Labute approximate surface area is 106 Å². The summed E-state index contributed by atoms with van der Waals surface area (Å²) in [7, 11) is 0. The van der Waals surface area contributed by atoms with Crippen molar-refractivity contribution in [2.24, 2.45) is 23.0 Å². The van der Waals surface area contributed by atoms with Gasteiger partial charge < -0.3 is 10.5 Å². The lowest BCUT2D eigenvalue weighted by molar-refractivity contribution is -0.160. The van der Waals surface area contributed by atoms with E-state index in [1.54, 1.807) is 0 Å². The maximum Gasteiger partial charge on any atom is 0.313 e. The summed E-state index contributed by atoms with van der Waals surface area (Å²) in [6, 6.07) is 0. The molecule has 0 amide bonds. The van der Waals surface area contributed by atoms with Crippen LogP contribution in [0.1, 0.15) is 53.9 Å². The first-order valence-electron chi connectivity index (χ1n) is 6.85. The topological polar surface area (TPSA) is 52.3 Å². The molecule has 3 heteroatoms. The van der Waals surface area contributed by atoms with Gasteiger partial charge in [0.1, 0.15) is 0 Å². The molecule has 3 nitrogen and oxygen atoms in total. The molecular formula is C14H29NO2. The Morgan fingerprint density at radius 2 is 1.76 bits per heavy atom. The smallest absolute Gasteiger partial charge is 0.313 e. The molecule has 0 saturated carbocycles. The minimum atomic E-state index is -0.492. The predicted molar refractivity (Wildman–Crippen MR) is 71.6 cm³/mol. The second kappa shape index (κ2) is 7.70. The van der Waals surface area contributed by atoms with E-state index in [-0.39, 0.29) is 5.97 Å². The summed E-state index contributed by atoms with van der Waals surface area (Å²) >= 11 is 0. The van der Waals surface area contributed by atoms with E-state index in [1.807, 2.05) is 6.92 Å². The van der Waals surface area contributed by atoms with Gasteiger partial charge in [0, 0.05) is 6.54 Å². The molecule has 0 aromatic carbocycles. The SMILES string of the molecule is CCOC(=O)C(CN)(CC(C)C)C(CC)CC. The first-order valence-corrected chi connectivity index (χ1v) is 6.85. The van der Waals surface area contributed by atoms with E-state index in [0.717, 1.165) is 19.3 Å². The van der Waals surface area contributed by atoms with Crippen LogP contribution < -0.4 is 5.73 Å². The Kier molecular flexibility index (Phi) is 7.44. The van der Waals surface area contributed by atoms with Crippen LogP contribution >= 0.6 is 0 Å². The van der Waals surface area contributed by atoms with Gasteiger partial charge in [-0.1, -0.05) is 40.5 Å². The Morgan fingerprint density at radius 3 is 2.06 bits per heavy atom. The molecule has 2 N–H and O–H groups in total. The van der Waals surface area contributed by atoms with Crippen molar-refractivity contribution in [3.63, 3.8) is 0 Å². The van der Waals surface area contributed by atoms with Crippen molar-refractivity contribution in [2.45, 2.75) is 53.9 Å². The quantitative estimate of drug-likeness (QED) is 0.667. The molecule has 0 spiro atoms. The lowest BCUT2D eigenvalue weighted by atomic mass is 9.68. The molecule has 0 rings (SSSR count). The number of esters is 1. The highest BCUT2D eigenvalue weighted by Crippen LogP contribution is 2.39. The summed E-state index contributed by atoms with van der Waals surface area (Å²) in [4.78, 5) is 12.3. The monoisotopic (exact) mass is 243 g/mol. The molecule has 17 heavy (non-hydrogen) atoms. The molecule has 0 saturated heterocycles. The maximum absolute atomic E-state index is 12.3. The van der Waals surface area contributed by atoms with Gasteiger partial charge in [-0.05, 0) is 25.2 Å². The molecule has 0 aliphatic heterocycles. The van der Waals surface area contributed by atoms with Gasteiger partial charge in [0.05, 0.1) is 12.0 Å². The summed E-state index contributed by atoms with van der Waals surface area (Å²) in [5, 5.41) is 0. The molecule has 0 fully saturated rings. The Balaban J connectivity index is 5.18. The fourth-order valence-corrected chi connectivity index (χ4v) is 2.82. The molecule has 0 aromatic rings. The number of carbonyl (C=O) groups excluding carboxylic acids is 1. The van der Waals surface area contributed by atoms with E-state index in [4.69, 9.17) is 10.5 Å². The van der Waals surface area contributed by atoms with Crippen molar-refractivity contribution in [3.05, 3.63) is 0 Å². The first-order chi connectivity index (χ1) is 7.98. The molecule has 0 radical (unpaired) electrons. The van der Waals surface area contributed by atoms with Crippen molar-refractivity contribution in [1.82, 2.24) is 0 Å². The Hall–Kier alpha value is -0.570. The van der Waals surface area contributed by atoms with Crippen molar-refractivity contribution in [2.75, 3.05) is 13.2 Å². The highest BCUT2D eigenvalue weighted by molar-refractivity contribution is 5.77. The summed E-state index contributed by atoms with van der Waals surface area (Å²) in [6.45, 7) is 11.2. The molecule has 1 atom stereocenters. The van der Waals surface area contributed by atoms with Crippen molar-refractivity contribution in [3.8, 4) is 0 Å². The van der Waals surface area contributed by atoms with E-state index in [0.29, 0.717) is 25.0 Å². The minimum absolute atomic E-state index is 0.107. The van der Waals surface area contributed by atoms with Crippen LogP contribution in [0.25, 0.3) is 0 Å². The largest absolute Gasteiger partial charge is 0.466 e. The minimum Gasteiger partial charge on any atom is -0.466 e. The number of rotatable bonds is 8. The molecule has 0 aromatic heterocycles. The predicted octanol–water partition coefficient (Wildman–Crippen LogP) is 2.98. The van der Waals surface area contributed by atoms with Crippen LogP contribution in [-0.4, -0.2) is 19.1 Å². The van der Waals surface area contributed by atoms with Crippen LogP contribution in [0.3, 0.4) is 0 Å². The van der Waals surface area contributed by atoms with Gasteiger partial charge in [-0.3, -0.25) is 4.79 Å². The second-order valence-corrected chi connectivity index (χ2v) is 5.19. The standard InChI is InChI=1S/C14H29NO2/c1-6-12(7-2)14(10-15,9-11(4)5)13(16)17-8-3/h11-12H,6-10,15H2,1-5H3. The van der Waals surface area contributed by atoms with E-state index >= 15 is 0 Å². The van der Waals surface area contributed by atoms with E-state index in [1.165, 1.54) is 0 Å². The third-order valence-electron chi connectivity index (χ3n) is 3.59. The van der Waals surface area contributed by atoms with Crippen LogP contribution in [0.5, 0.6) is 0 Å². The summed E-state index contributed by atoms with van der Waals surface area (Å²) in [5.41, 5.74) is 5.45. The summed E-state index contributed by atoms with van der Waals surface area (Å²) < 4.78 is 5.26. The zero-order valence-corrected chi connectivity index (χ0v) is 12.1. The highest BCUT2D eigenvalue weighted by Gasteiger charge is 2.44. The van der Waals surface area contributed by atoms with Crippen LogP contribution in [0.15, 0.2) is 0 Å². The van der Waals surface area contributed by atoms with Crippen molar-refractivity contribution in [1.29, 1.82) is 0 Å². The van der Waals surface area contributed by atoms with Crippen LogP contribution in [0.2, 0.25) is 0 Å². The average molecular weight is 243 g/mol. The number of hydrogen-bond donors (Lipinski definition) is 1. The molecule has 102 valence electrons. The first kappa shape index (κ1) is 16.4. The van der Waals surface area contributed by atoms with Gasteiger partial charge in [-0.25, -0.2) is 0 Å². The Morgan fingerprint density at radius 1 is 1.24 bits per heavy atom. The maximum atomic E-state index is 12.3. The summed E-state index contributed by atoms with van der Waals surface area (Å²) in [6.07, 6.45) is 2.76. The fraction of sp³-hybridized carbons (Fsp3) is 0.929. The fourth-order valence-electron chi connectivity index (χ4n) is 2.82. The molecule has 1 unspecified atom stereocenters. The summed E-state index contributed by atoms with van der Waals surface area (Å²) in [5.74, 6) is 0.655. The van der Waals surface area contributed by atoms with E-state index < -0.39 is 5.41 Å². The van der Waals surface area contributed by atoms with Gasteiger partial charge >= 0.3 is 5.97 Å².